The first-order chi connectivity index (χ1) is 13.5. The maximum Gasteiger partial charge on any atom is 0.269 e. The SMILES string of the molecule is O=C(NCCS(=O)(=O)Nc1ccn2nccc2c1)c1ccc2ccccc2n1. The van der Waals surface area contributed by atoms with Crippen molar-refractivity contribution in [2.75, 3.05) is 17.0 Å². The summed E-state index contributed by atoms with van der Waals surface area (Å²) in [5.41, 5.74) is 2.17. The maximum absolute atomic E-state index is 12.3. The zero-order valence-corrected chi connectivity index (χ0v) is 15.6. The lowest BCUT2D eigenvalue weighted by molar-refractivity contribution is 0.0951. The van der Waals surface area contributed by atoms with Crippen molar-refractivity contribution in [3.63, 3.8) is 0 Å². The van der Waals surface area contributed by atoms with Crippen LogP contribution in [0.1, 0.15) is 10.5 Å². The largest absolute Gasteiger partial charge is 0.350 e. The Bertz CT molecular complexity index is 1270. The number of hydrogen-bond acceptors (Lipinski definition) is 5. The van der Waals surface area contributed by atoms with Crippen LogP contribution in [0, 0.1) is 0 Å². The van der Waals surface area contributed by atoms with Gasteiger partial charge >= 0.3 is 0 Å². The standard InChI is InChI=1S/C19H17N5O3S/c25-19(18-6-5-14-3-1-2-4-17(14)22-18)20-10-12-28(26,27)23-15-8-11-24-16(13-15)7-9-21-24/h1-9,11,13,23H,10,12H2,(H,20,25). The quantitative estimate of drug-likeness (QED) is 0.520. The Morgan fingerprint density at radius 3 is 2.82 bits per heavy atom. The summed E-state index contributed by atoms with van der Waals surface area (Å²) >= 11 is 0. The minimum Gasteiger partial charge on any atom is -0.350 e. The molecule has 0 atom stereocenters. The minimum atomic E-state index is -3.61. The van der Waals surface area contributed by atoms with Crippen LogP contribution in [-0.4, -0.2) is 41.2 Å². The monoisotopic (exact) mass is 395 g/mol. The summed E-state index contributed by atoms with van der Waals surface area (Å²) < 4.78 is 28.7. The lowest BCUT2D eigenvalue weighted by Crippen LogP contribution is -2.31. The lowest BCUT2D eigenvalue weighted by atomic mass is 10.2. The van der Waals surface area contributed by atoms with E-state index < -0.39 is 15.9 Å². The molecular formula is C19H17N5O3S. The molecule has 4 aromatic rings. The van der Waals surface area contributed by atoms with Gasteiger partial charge in [0.05, 0.1) is 22.5 Å². The average Bonchev–Trinajstić information content (AvgIpc) is 3.15. The lowest BCUT2D eigenvalue weighted by Gasteiger charge is -2.09. The van der Waals surface area contributed by atoms with E-state index in [0.29, 0.717) is 11.2 Å². The maximum atomic E-state index is 12.3. The van der Waals surface area contributed by atoms with E-state index in [1.807, 2.05) is 30.3 Å². The highest BCUT2D eigenvalue weighted by Crippen LogP contribution is 2.13. The first-order valence-electron chi connectivity index (χ1n) is 8.58. The molecule has 0 saturated carbocycles. The number of sulfonamides is 1. The van der Waals surface area contributed by atoms with E-state index in [1.165, 1.54) is 0 Å². The number of amides is 1. The van der Waals surface area contributed by atoms with Crippen LogP contribution in [0.25, 0.3) is 16.4 Å². The molecule has 2 N–H and O–H groups in total. The van der Waals surface area contributed by atoms with Crippen molar-refractivity contribution < 1.29 is 13.2 Å². The topological polar surface area (TPSA) is 105 Å². The number of pyridine rings is 2. The van der Waals surface area contributed by atoms with Crippen molar-refractivity contribution in [1.82, 2.24) is 19.9 Å². The molecule has 9 heteroatoms. The van der Waals surface area contributed by atoms with E-state index in [4.69, 9.17) is 0 Å². The van der Waals surface area contributed by atoms with Gasteiger partial charge < -0.3 is 5.32 Å². The summed E-state index contributed by atoms with van der Waals surface area (Å²) in [6.45, 7) is -0.0302. The van der Waals surface area contributed by atoms with Gasteiger partial charge in [0.2, 0.25) is 10.0 Å². The van der Waals surface area contributed by atoms with Crippen LogP contribution in [0.4, 0.5) is 5.69 Å². The Balaban J connectivity index is 1.36. The molecule has 0 spiro atoms. The molecule has 0 unspecified atom stereocenters. The number of carbonyl (C=O) groups is 1. The van der Waals surface area contributed by atoms with Gasteiger partial charge in [-0.1, -0.05) is 24.3 Å². The third kappa shape index (κ3) is 3.94. The molecule has 3 aromatic heterocycles. The van der Waals surface area contributed by atoms with E-state index in [1.54, 1.807) is 41.2 Å². The van der Waals surface area contributed by atoms with Gasteiger partial charge in [0.25, 0.3) is 5.91 Å². The Labute approximate surface area is 161 Å². The number of benzene rings is 1. The summed E-state index contributed by atoms with van der Waals surface area (Å²) in [4.78, 5) is 16.5. The molecule has 0 saturated heterocycles. The van der Waals surface area contributed by atoms with Crippen LogP contribution < -0.4 is 10.0 Å². The number of hydrogen-bond donors (Lipinski definition) is 2. The normalized spacial score (nSPS) is 11.6. The highest BCUT2D eigenvalue weighted by molar-refractivity contribution is 7.92. The van der Waals surface area contributed by atoms with Gasteiger partial charge in [-0.3, -0.25) is 9.52 Å². The van der Waals surface area contributed by atoms with E-state index in [-0.39, 0.29) is 18.0 Å². The highest BCUT2D eigenvalue weighted by atomic mass is 32.2. The number of carbonyl (C=O) groups excluding carboxylic acids is 1. The van der Waals surface area contributed by atoms with Crippen molar-refractivity contribution in [3.05, 3.63) is 72.7 Å². The Kier molecular flexibility index (Phi) is 4.66. The zero-order valence-electron chi connectivity index (χ0n) is 14.7. The summed E-state index contributed by atoms with van der Waals surface area (Å²) in [5.74, 6) is -0.668. The molecule has 4 rings (SSSR count). The number of rotatable bonds is 6. The van der Waals surface area contributed by atoms with Crippen LogP contribution in [0.5, 0.6) is 0 Å². The predicted molar refractivity (Wildman–Crippen MR) is 107 cm³/mol. The van der Waals surface area contributed by atoms with E-state index in [0.717, 1.165) is 10.9 Å². The van der Waals surface area contributed by atoms with Gasteiger partial charge in [-0.15, -0.1) is 0 Å². The van der Waals surface area contributed by atoms with Gasteiger partial charge in [-0.2, -0.15) is 5.10 Å². The Hall–Kier alpha value is -3.46. The molecule has 3 heterocycles. The molecule has 0 aliphatic rings. The number of aromatic nitrogens is 3. The summed E-state index contributed by atoms with van der Waals surface area (Å²) in [6.07, 6.45) is 3.30. The summed E-state index contributed by atoms with van der Waals surface area (Å²) in [7, 11) is -3.61. The molecule has 142 valence electrons. The van der Waals surface area contributed by atoms with E-state index in [9.17, 15) is 13.2 Å². The van der Waals surface area contributed by atoms with Gasteiger partial charge in [-0.25, -0.2) is 17.9 Å². The van der Waals surface area contributed by atoms with Gasteiger partial charge in [0.15, 0.2) is 0 Å². The summed E-state index contributed by atoms with van der Waals surface area (Å²) in [5, 5.41) is 7.59. The third-order valence-electron chi connectivity index (χ3n) is 4.16. The molecule has 28 heavy (non-hydrogen) atoms. The first kappa shape index (κ1) is 17.9. The summed E-state index contributed by atoms with van der Waals surface area (Å²) in [6, 6.07) is 16.0. The number of para-hydroxylation sites is 1. The fourth-order valence-corrected chi connectivity index (χ4v) is 3.76. The number of anilines is 1. The number of fused-ring (bicyclic) bond motifs is 2. The molecule has 8 nitrogen and oxygen atoms in total. The Morgan fingerprint density at radius 1 is 1.07 bits per heavy atom. The second-order valence-electron chi connectivity index (χ2n) is 6.18. The second-order valence-corrected chi connectivity index (χ2v) is 8.02. The van der Waals surface area contributed by atoms with Crippen molar-refractivity contribution in [3.8, 4) is 0 Å². The Morgan fingerprint density at radius 2 is 1.93 bits per heavy atom. The first-order valence-corrected chi connectivity index (χ1v) is 10.2. The van der Waals surface area contributed by atoms with Gasteiger partial charge in [0, 0.05) is 24.3 Å². The smallest absolute Gasteiger partial charge is 0.269 e. The van der Waals surface area contributed by atoms with Gasteiger partial charge in [-0.05, 0) is 30.3 Å². The molecule has 1 amide bonds. The predicted octanol–water partition coefficient (Wildman–Crippen LogP) is 2.05. The fourth-order valence-electron chi connectivity index (χ4n) is 2.80. The van der Waals surface area contributed by atoms with Crippen LogP contribution in [0.15, 0.2) is 67.0 Å². The average molecular weight is 395 g/mol. The van der Waals surface area contributed by atoms with Crippen LogP contribution in [0.2, 0.25) is 0 Å². The van der Waals surface area contributed by atoms with Crippen LogP contribution in [-0.2, 0) is 10.0 Å². The van der Waals surface area contributed by atoms with Crippen molar-refractivity contribution >= 4 is 38.0 Å². The van der Waals surface area contributed by atoms with Crippen molar-refractivity contribution in [2.45, 2.75) is 0 Å². The molecule has 0 bridgehead atoms. The van der Waals surface area contributed by atoms with E-state index in [2.05, 4.69) is 20.1 Å². The molecule has 0 aliphatic carbocycles. The minimum absolute atomic E-state index is 0.0302. The molecular weight excluding hydrogens is 378 g/mol. The fraction of sp³-hybridized carbons (Fsp3) is 0.105. The molecule has 0 aliphatic heterocycles. The van der Waals surface area contributed by atoms with Crippen molar-refractivity contribution in [1.29, 1.82) is 0 Å². The van der Waals surface area contributed by atoms with Gasteiger partial charge in [0.1, 0.15) is 5.69 Å². The van der Waals surface area contributed by atoms with Crippen molar-refractivity contribution in [2.24, 2.45) is 0 Å². The van der Waals surface area contributed by atoms with Crippen LogP contribution >= 0.6 is 0 Å². The molecule has 1 aromatic carbocycles. The number of nitrogens with one attached hydrogen (secondary N) is 2. The number of nitrogens with zero attached hydrogens (tertiary/aromatic N) is 3. The highest BCUT2D eigenvalue weighted by Gasteiger charge is 2.13. The van der Waals surface area contributed by atoms with E-state index >= 15 is 0 Å². The third-order valence-corrected chi connectivity index (χ3v) is 5.45. The molecule has 0 radical (unpaired) electrons. The second kappa shape index (κ2) is 7.28. The zero-order chi connectivity index (χ0) is 19.6. The van der Waals surface area contributed by atoms with Crippen LogP contribution in [0.3, 0.4) is 0 Å². The molecule has 0 fully saturated rings.